The molecule has 3 heteroatoms. The number of nitrogens with two attached hydrogens (primary N) is 1. The Kier molecular flexibility index (Phi) is 4.07. The van der Waals surface area contributed by atoms with Crippen molar-refractivity contribution in [2.75, 3.05) is 0 Å². The fourth-order valence-electron chi connectivity index (χ4n) is 1.51. The highest BCUT2D eigenvalue weighted by molar-refractivity contribution is 5.84. The maximum atomic E-state index is 11.3. The molecule has 0 aliphatic rings. The minimum atomic E-state index is -0.621. The molecule has 0 aromatic heterocycles. The maximum Gasteiger partial charge on any atom is 0.237 e. The summed E-state index contributed by atoms with van der Waals surface area (Å²) >= 11 is 0. The van der Waals surface area contributed by atoms with Gasteiger partial charge >= 0.3 is 0 Å². The van der Waals surface area contributed by atoms with Gasteiger partial charge in [-0.15, -0.1) is 0 Å². The molecule has 0 saturated heterocycles. The quantitative estimate of drug-likeness (QED) is 0.794. The lowest BCUT2D eigenvalue weighted by molar-refractivity contribution is -0.124. The summed E-state index contributed by atoms with van der Waals surface area (Å²) in [5, 5.41) is 3.21. The van der Waals surface area contributed by atoms with Crippen LogP contribution in [-0.2, 0) is 11.3 Å². The number of aryl methyl sites for hydroxylation is 1. The molecule has 1 aromatic rings. The van der Waals surface area contributed by atoms with E-state index in [4.69, 9.17) is 5.73 Å². The lowest BCUT2D eigenvalue weighted by atomic mass is 9.97. The van der Waals surface area contributed by atoms with E-state index in [1.165, 1.54) is 11.1 Å². The van der Waals surface area contributed by atoms with E-state index in [1.54, 1.807) is 0 Å². The molecular weight excluding hydrogens is 200 g/mol. The molecule has 16 heavy (non-hydrogen) atoms. The molecule has 3 N–H and O–H groups in total. The van der Waals surface area contributed by atoms with Gasteiger partial charge in [0, 0.05) is 6.54 Å². The summed E-state index contributed by atoms with van der Waals surface area (Å²) < 4.78 is 0. The van der Waals surface area contributed by atoms with Gasteiger partial charge in [0.15, 0.2) is 0 Å². The van der Waals surface area contributed by atoms with Crippen LogP contribution in [-0.4, -0.2) is 11.4 Å². The Bertz CT molecular complexity index is 376. The number of nitrogens with one attached hydrogen (secondary N) is 1. The Balaban J connectivity index is 2.66. The van der Waals surface area contributed by atoms with Crippen LogP contribution in [0.15, 0.2) is 24.3 Å². The van der Waals surface area contributed by atoms with Gasteiger partial charge in [-0.1, -0.05) is 36.8 Å². The third kappa shape index (κ3) is 3.07. The van der Waals surface area contributed by atoms with Crippen molar-refractivity contribution in [1.82, 2.24) is 5.32 Å². The molecule has 1 amide bonds. The average molecular weight is 220 g/mol. The van der Waals surface area contributed by atoms with Gasteiger partial charge in [0.1, 0.15) is 0 Å². The molecule has 0 heterocycles. The van der Waals surface area contributed by atoms with Crippen LogP contribution >= 0.6 is 0 Å². The van der Waals surface area contributed by atoms with E-state index in [1.807, 2.05) is 26.0 Å². The van der Waals surface area contributed by atoms with Gasteiger partial charge in [0.05, 0.1) is 5.54 Å². The van der Waals surface area contributed by atoms with E-state index in [0.717, 1.165) is 0 Å². The molecular formula is C13H20N2O. The van der Waals surface area contributed by atoms with Gasteiger partial charge in [-0.25, -0.2) is 0 Å². The van der Waals surface area contributed by atoms with Crippen LogP contribution in [0.25, 0.3) is 0 Å². The number of rotatable bonds is 5. The van der Waals surface area contributed by atoms with E-state index < -0.39 is 5.54 Å². The zero-order chi connectivity index (χ0) is 12.2. The van der Waals surface area contributed by atoms with Crippen molar-refractivity contribution in [2.45, 2.75) is 39.3 Å². The van der Waals surface area contributed by atoms with Crippen LogP contribution in [0.4, 0.5) is 0 Å². The predicted molar refractivity (Wildman–Crippen MR) is 65.9 cm³/mol. The fraction of sp³-hybridized carbons (Fsp3) is 0.462. The van der Waals surface area contributed by atoms with Crippen molar-refractivity contribution < 1.29 is 4.79 Å². The Labute approximate surface area is 97.0 Å². The molecule has 0 aliphatic heterocycles. The largest absolute Gasteiger partial charge is 0.368 e. The van der Waals surface area contributed by atoms with Gasteiger partial charge in [-0.05, 0) is 25.8 Å². The molecule has 1 aromatic carbocycles. The zero-order valence-corrected chi connectivity index (χ0v) is 10.2. The first-order chi connectivity index (χ1) is 7.48. The second-order valence-electron chi connectivity index (χ2n) is 4.39. The SMILES string of the molecule is CC[C@@](C)(NCc1cccc(C)c1)C(N)=O. The molecule has 0 saturated carbocycles. The van der Waals surface area contributed by atoms with Gasteiger partial charge in [-0.3, -0.25) is 10.1 Å². The standard InChI is InChI=1S/C13H20N2O/c1-4-13(3,12(14)16)15-9-11-7-5-6-10(2)8-11/h5-8,15H,4,9H2,1-3H3,(H2,14,16)/t13-/m1/s1. The number of hydrogen-bond donors (Lipinski definition) is 2. The van der Waals surface area contributed by atoms with Crippen LogP contribution in [0.2, 0.25) is 0 Å². The summed E-state index contributed by atoms with van der Waals surface area (Å²) in [6.45, 7) is 6.50. The summed E-state index contributed by atoms with van der Waals surface area (Å²) in [5.41, 5.74) is 7.14. The Morgan fingerprint density at radius 2 is 2.19 bits per heavy atom. The van der Waals surface area contributed by atoms with Gasteiger partial charge < -0.3 is 5.73 Å². The van der Waals surface area contributed by atoms with Crippen molar-refractivity contribution in [3.05, 3.63) is 35.4 Å². The Hall–Kier alpha value is -1.35. The minimum Gasteiger partial charge on any atom is -0.368 e. The lowest BCUT2D eigenvalue weighted by Gasteiger charge is -2.26. The zero-order valence-electron chi connectivity index (χ0n) is 10.2. The van der Waals surface area contributed by atoms with Crippen LogP contribution in [0.3, 0.4) is 0 Å². The van der Waals surface area contributed by atoms with Crippen molar-refractivity contribution in [3.63, 3.8) is 0 Å². The minimum absolute atomic E-state index is 0.303. The fourth-order valence-corrected chi connectivity index (χ4v) is 1.51. The maximum absolute atomic E-state index is 11.3. The topological polar surface area (TPSA) is 55.1 Å². The summed E-state index contributed by atoms with van der Waals surface area (Å²) in [6, 6.07) is 8.21. The third-order valence-corrected chi connectivity index (χ3v) is 3.02. The summed E-state index contributed by atoms with van der Waals surface area (Å²) in [6.07, 6.45) is 0.689. The van der Waals surface area contributed by atoms with Crippen molar-refractivity contribution in [1.29, 1.82) is 0 Å². The molecule has 88 valence electrons. The third-order valence-electron chi connectivity index (χ3n) is 3.02. The van der Waals surface area contributed by atoms with E-state index >= 15 is 0 Å². The van der Waals surface area contributed by atoms with Crippen molar-refractivity contribution in [3.8, 4) is 0 Å². The highest BCUT2D eigenvalue weighted by Gasteiger charge is 2.27. The number of amides is 1. The van der Waals surface area contributed by atoms with Crippen LogP contribution in [0.5, 0.6) is 0 Å². The summed E-state index contributed by atoms with van der Waals surface area (Å²) in [7, 11) is 0. The number of primary amides is 1. The smallest absolute Gasteiger partial charge is 0.237 e. The molecule has 1 rings (SSSR count). The van der Waals surface area contributed by atoms with E-state index in [9.17, 15) is 4.79 Å². The first-order valence-electron chi connectivity index (χ1n) is 5.58. The highest BCUT2D eigenvalue weighted by atomic mass is 16.1. The highest BCUT2D eigenvalue weighted by Crippen LogP contribution is 2.11. The van der Waals surface area contributed by atoms with Crippen LogP contribution in [0.1, 0.15) is 31.4 Å². The molecule has 0 unspecified atom stereocenters. The van der Waals surface area contributed by atoms with Crippen LogP contribution in [0, 0.1) is 6.92 Å². The molecule has 0 bridgehead atoms. The second kappa shape index (κ2) is 5.12. The first kappa shape index (κ1) is 12.7. The number of carbonyl (C=O) groups is 1. The van der Waals surface area contributed by atoms with Crippen molar-refractivity contribution in [2.24, 2.45) is 5.73 Å². The Morgan fingerprint density at radius 1 is 1.50 bits per heavy atom. The summed E-state index contributed by atoms with van der Waals surface area (Å²) in [4.78, 5) is 11.3. The molecule has 0 spiro atoms. The normalized spacial score (nSPS) is 14.4. The molecule has 0 radical (unpaired) electrons. The van der Waals surface area contributed by atoms with Gasteiger partial charge in [0.2, 0.25) is 5.91 Å². The Morgan fingerprint density at radius 3 is 2.69 bits per heavy atom. The molecule has 1 atom stereocenters. The monoisotopic (exact) mass is 220 g/mol. The predicted octanol–water partition coefficient (Wildman–Crippen LogP) is 1.74. The van der Waals surface area contributed by atoms with Crippen LogP contribution < -0.4 is 11.1 Å². The first-order valence-corrected chi connectivity index (χ1v) is 5.58. The van der Waals surface area contributed by atoms with Gasteiger partial charge in [-0.2, -0.15) is 0 Å². The number of benzene rings is 1. The van der Waals surface area contributed by atoms with Crippen molar-refractivity contribution >= 4 is 5.91 Å². The van der Waals surface area contributed by atoms with E-state index in [0.29, 0.717) is 13.0 Å². The number of carbonyl (C=O) groups excluding carboxylic acids is 1. The molecule has 0 aliphatic carbocycles. The average Bonchev–Trinajstić information content (AvgIpc) is 2.26. The number of hydrogen-bond acceptors (Lipinski definition) is 2. The van der Waals surface area contributed by atoms with E-state index in [-0.39, 0.29) is 5.91 Å². The van der Waals surface area contributed by atoms with Gasteiger partial charge in [0.25, 0.3) is 0 Å². The van der Waals surface area contributed by atoms with E-state index in [2.05, 4.69) is 24.4 Å². The molecule has 3 nitrogen and oxygen atoms in total. The second-order valence-corrected chi connectivity index (χ2v) is 4.39. The summed E-state index contributed by atoms with van der Waals surface area (Å²) in [5.74, 6) is -0.303. The lowest BCUT2D eigenvalue weighted by Crippen LogP contribution is -2.52. The molecule has 0 fully saturated rings.